The Morgan fingerprint density at radius 3 is 2.92 bits per heavy atom. The van der Waals surface area contributed by atoms with E-state index in [0.717, 1.165) is 11.6 Å². The summed E-state index contributed by atoms with van der Waals surface area (Å²) < 4.78 is 0. The number of nitrogens with two attached hydrogens (primary N) is 1. The molecule has 0 spiro atoms. The smallest absolute Gasteiger partial charge is 0.0409 e. The predicted octanol–water partition coefficient (Wildman–Crippen LogP) is 2.89. The van der Waals surface area contributed by atoms with Gasteiger partial charge < -0.3 is 5.73 Å². The van der Waals surface area contributed by atoms with Crippen LogP contribution in [0.25, 0.3) is 0 Å². The first-order valence-corrected chi connectivity index (χ1v) is 5.09. The number of fused-ring (bicyclic) bond motifs is 1. The molecule has 2 rings (SSSR count). The van der Waals surface area contributed by atoms with E-state index in [1.165, 1.54) is 17.5 Å². The van der Waals surface area contributed by atoms with Gasteiger partial charge in [0, 0.05) is 5.02 Å². The molecule has 2 N–H and O–H groups in total. The van der Waals surface area contributed by atoms with Gasteiger partial charge in [-0.2, -0.15) is 0 Å². The molecule has 1 aromatic carbocycles. The van der Waals surface area contributed by atoms with Crippen molar-refractivity contribution in [2.24, 2.45) is 5.73 Å². The van der Waals surface area contributed by atoms with Crippen molar-refractivity contribution in [2.45, 2.75) is 25.2 Å². The van der Waals surface area contributed by atoms with Gasteiger partial charge in [-0.25, -0.2) is 0 Å². The van der Waals surface area contributed by atoms with Gasteiger partial charge in [0.15, 0.2) is 0 Å². The minimum absolute atomic E-state index is 0.517. The van der Waals surface area contributed by atoms with Crippen molar-refractivity contribution in [1.29, 1.82) is 0 Å². The zero-order valence-corrected chi connectivity index (χ0v) is 8.51. The average molecular weight is 196 g/mol. The van der Waals surface area contributed by atoms with Gasteiger partial charge in [-0.1, -0.05) is 24.6 Å². The fourth-order valence-corrected chi connectivity index (χ4v) is 2.43. The van der Waals surface area contributed by atoms with Crippen molar-refractivity contribution in [2.75, 3.05) is 6.54 Å². The van der Waals surface area contributed by atoms with Gasteiger partial charge in [0.2, 0.25) is 0 Å². The Labute approximate surface area is 83.9 Å². The molecule has 1 aliphatic carbocycles. The SMILES string of the molecule is CC1CC(CN)c2cc(Cl)ccc21. The minimum atomic E-state index is 0.517. The van der Waals surface area contributed by atoms with Crippen LogP contribution in [0.2, 0.25) is 5.02 Å². The Kier molecular flexibility index (Phi) is 2.31. The lowest BCUT2D eigenvalue weighted by atomic mass is 10.0. The number of rotatable bonds is 1. The Morgan fingerprint density at radius 2 is 2.23 bits per heavy atom. The lowest BCUT2D eigenvalue weighted by Crippen LogP contribution is -2.09. The van der Waals surface area contributed by atoms with Gasteiger partial charge in [-0.3, -0.25) is 0 Å². The van der Waals surface area contributed by atoms with E-state index < -0.39 is 0 Å². The van der Waals surface area contributed by atoms with Crippen LogP contribution in [0.1, 0.15) is 36.3 Å². The summed E-state index contributed by atoms with van der Waals surface area (Å²) in [6.07, 6.45) is 1.17. The zero-order chi connectivity index (χ0) is 9.42. The number of benzene rings is 1. The van der Waals surface area contributed by atoms with E-state index >= 15 is 0 Å². The van der Waals surface area contributed by atoms with Crippen LogP contribution in [0.4, 0.5) is 0 Å². The molecule has 0 aromatic heterocycles. The maximum Gasteiger partial charge on any atom is 0.0409 e. The van der Waals surface area contributed by atoms with E-state index in [2.05, 4.69) is 19.1 Å². The van der Waals surface area contributed by atoms with E-state index in [1.807, 2.05) is 6.07 Å². The maximum absolute atomic E-state index is 5.95. The number of hydrogen-bond acceptors (Lipinski definition) is 1. The van der Waals surface area contributed by atoms with E-state index in [9.17, 15) is 0 Å². The maximum atomic E-state index is 5.95. The van der Waals surface area contributed by atoms with Gasteiger partial charge >= 0.3 is 0 Å². The van der Waals surface area contributed by atoms with Crippen molar-refractivity contribution in [3.63, 3.8) is 0 Å². The van der Waals surface area contributed by atoms with Gasteiger partial charge in [-0.05, 0) is 48.1 Å². The third-order valence-corrected chi connectivity index (χ3v) is 3.18. The van der Waals surface area contributed by atoms with E-state index in [-0.39, 0.29) is 0 Å². The average Bonchev–Trinajstić information content (AvgIpc) is 2.42. The van der Waals surface area contributed by atoms with E-state index in [1.54, 1.807) is 0 Å². The van der Waals surface area contributed by atoms with Gasteiger partial charge in [-0.15, -0.1) is 0 Å². The molecule has 1 nitrogen and oxygen atoms in total. The molecule has 70 valence electrons. The van der Waals surface area contributed by atoms with Gasteiger partial charge in [0.1, 0.15) is 0 Å². The summed E-state index contributed by atoms with van der Waals surface area (Å²) in [5.74, 6) is 1.16. The molecular weight excluding hydrogens is 182 g/mol. The molecule has 2 atom stereocenters. The monoisotopic (exact) mass is 195 g/mol. The van der Waals surface area contributed by atoms with Crippen LogP contribution in [-0.2, 0) is 0 Å². The zero-order valence-electron chi connectivity index (χ0n) is 7.76. The predicted molar refractivity (Wildman–Crippen MR) is 56.3 cm³/mol. The van der Waals surface area contributed by atoms with Gasteiger partial charge in [0.05, 0.1) is 0 Å². The highest BCUT2D eigenvalue weighted by Gasteiger charge is 2.26. The molecule has 1 aliphatic rings. The fraction of sp³-hybridized carbons (Fsp3) is 0.455. The summed E-state index contributed by atoms with van der Waals surface area (Å²) >= 11 is 5.95. The topological polar surface area (TPSA) is 26.0 Å². The highest BCUT2D eigenvalue weighted by molar-refractivity contribution is 6.30. The molecule has 1 aromatic rings. The van der Waals surface area contributed by atoms with Gasteiger partial charge in [0.25, 0.3) is 0 Å². The Hall–Kier alpha value is -0.530. The highest BCUT2D eigenvalue weighted by atomic mass is 35.5. The molecule has 0 saturated carbocycles. The molecule has 13 heavy (non-hydrogen) atoms. The second kappa shape index (κ2) is 3.32. The first-order valence-electron chi connectivity index (χ1n) is 4.71. The van der Waals surface area contributed by atoms with Crippen molar-refractivity contribution >= 4 is 11.6 Å². The third-order valence-electron chi connectivity index (χ3n) is 2.94. The molecule has 0 fully saturated rings. The minimum Gasteiger partial charge on any atom is -0.330 e. The lowest BCUT2D eigenvalue weighted by molar-refractivity contribution is 0.626. The summed E-state index contributed by atoms with van der Waals surface area (Å²) in [4.78, 5) is 0. The van der Waals surface area contributed by atoms with Crippen LogP contribution in [0.5, 0.6) is 0 Å². The molecule has 0 heterocycles. The van der Waals surface area contributed by atoms with Crippen molar-refractivity contribution in [3.8, 4) is 0 Å². The molecule has 0 bridgehead atoms. The normalized spacial score (nSPS) is 26.1. The molecule has 0 aliphatic heterocycles. The molecule has 2 heteroatoms. The van der Waals surface area contributed by atoms with Crippen LogP contribution in [-0.4, -0.2) is 6.54 Å². The van der Waals surface area contributed by atoms with Crippen LogP contribution in [0.15, 0.2) is 18.2 Å². The molecular formula is C11H14ClN. The van der Waals surface area contributed by atoms with E-state index in [4.69, 9.17) is 17.3 Å². The summed E-state index contributed by atoms with van der Waals surface area (Å²) in [5.41, 5.74) is 8.51. The molecule has 0 saturated heterocycles. The lowest BCUT2D eigenvalue weighted by Gasteiger charge is -2.07. The van der Waals surface area contributed by atoms with Crippen LogP contribution in [0, 0.1) is 0 Å². The number of halogens is 1. The van der Waals surface area contributed by atoms with Crippen LogP contribution < -0.4 is 5.73 Å². The first-order chi connectivity index (χ1) is 6.22. The van der Waals surface area contributed by atoms with Crippen molar-refractivity contribution in [1.82, 2.24) is 0 Å². The van der Waals surface area contributed by atoms with Crippen LogP contribution >= 0.6 is 11.6 Å². The second-order valence-electron chi connectivity index (χ2n) is 3.84. The van der Waals surface area contributed by atoms with Crippen molar-refractivity contribution < 1.29 is 0 Å². The largest absolute Gasteiger partial charge is 0.330 e. The number of hydrogen-bond donors (Lipinski definition) is 1. The van der Waals surface area contributed by atoms with E-state index in [0.29, 0.717) is 11.8 Å². The quantitative estimate of drug-likeness (QED) is 0.733. The summed E-state index contributed by atoms with van der Waals surface area (Å²) in [6.45, 7) is 2.99. The first kappa shape index (κ1) is 9.04. The standard InChI is InChI=1S/C11H14ClN/c1-7-4-8(6-13)11-5-9(12)2-3-10(7)11/h2-3,5,7-8H,4,6,13H2,1H3. The highest BCUT2D eigenvalue weighted by Crippen LogP contribution is 2.41. The fourth-order valence-electron chi connectivity index (χ4n) is 2.25. The third kappa shape index (κ3) is 1.47. The Bertz CT molecular complexity index is 322. The van der Waals surface area contributed by atoms with Crippen molar-refractivity contribution in [3.05, 3.63) is 34.3 Å². The second-order valence-corrected chi connectivity index (χ2v) is 4.28. The summed E-state index contributed by atoms with van der Waals surface area (Å²) in [7, 11) is 0. The molecule has 2 unspecified atom stereocenters. The van der Waals surface area contributed by atoms with Crippen LogP contribution in [0.3, 0.4) is 0 Å². The Balaban J connectivity index is 2.46. The Morgan fingerprint density at radius 1 is 1.46 bits per heavy atom. The summed E-state index contributed by atoms with van der Waals surface area (Å²) in [5, 5.41) is 0.825. The molecule has 0 amide bonds. The molecule has 0 radical (unpaired) electrons. The summed E-state index contributed by atoms with van der Waals surface area (Å²) in [6, 6.07) is 6.17.